The summed E-state index contributed by atoms with van der Waals surface area (Å²) in [6.07, 6.45) is 5.83. The highest BCUT2D eigenvalue weighted by molar-refractivity contribution is 5.95. The molecule has 1 aliphatic rings. The number of ether oxygens (including phenoxy) is 2. The Hall–Kier alpha value is -5.59. The van der Waals surface area contributed by atoms with Gasteiger partial charge in [-0.15, -0.1) is 5.10 Å². The molecule has 1 amide bonds. The number of pyridine rings is 1. The molecule has 0 atom stereocenters. The van der Waals surface area contributed by atoms with Gasteiger partial charge < -0.3 is 25.0 Å². The predicted octanol–water partition coefficient (Wildman–Crippen LogP) is 5.93. The van der Waals surface area contributed by atoms with Gasteiger partial charge in [0.25, 0.3) is 0 Å². The molecule has 13 heteroatoms. The molecular formula is C32H30F2N8O3. The molecular weight excluding hydrogens is 582 g/mol. The molecule has 1 saturated heterocycles. The third-order valence-electron chi connectivity index (χ3n) is 7.53. The van der Waals surface area contributed by atoms with Crippen LogP contribution in [-0.4, -0.2) is 61.8 Å². The largest absolute Gasteiger partial charge is 0.495 e. The molecule has 45 heavy (non-hydrogen) atoms. The minimum Gasteiger partial charge on any atom is -0.495 e. The van der Waals surface area contributed by atoms with Gasteiger partial charge in [0.05, 0.1) is 24.0 Å². The maximum absolute atomic E-state index is 15.3. The van der Waals surface area contributed by atoms with Crippen molar-refractivity contribution in [1.29, 1.82) is 0 Å². The van der Waals surface area contributed by atoms with Crippen LogP contribution in [0.15, 0.2) is 73.7 Å². The van der Waals surface area contributed by atoms with E-state index in [-0.39, 0.29) is 35.1 Å². The van der Waals surface area contributed by atoms with Crippen molar-refractivity contribution in [3.8, 4) is 23.2 Å². The Balaban J connectivity index is 1.18. The second-order valence-electron chi connectivity index (χ2n) is 10.5. The smallest absolute Gasteiger partial charge is 0.245 e. The lowest BCUT2D eigenvalue weighted by molar-refractivity contribution is -0.126. The van der Waals surface area contributed by atoms with Crippen molar-refractivity contribution in [1.82, 2.24) is 29.6 Å². The van der Waals surface area contributed by atoms with E-state index in [1.807, 2.05) is 6.07 Å². The Morgan fingerprint density at radius 3 is 2.62 bits per heavy atom. The summed E-state index contributed by atoms with van der Waals surface area (Å²) in [5.74, 6) is 0.475. The number of nitrogens with one attached hydrogen (secondary N) is 2. The van der Waals surface area contributed by atoms with Crippen LogP contribution in [0.1, 0.15) is 18.4 Å². The summed E-state index contributed by atoms with van der Waals surface area (Å²) in [7, 11) is 1.58. The number of methoxy groups -OCH3 is 1. The van der Waals surface area contributed by atoms with Crippen molar-refractivity contribution in [3.63, 3.8) is 0 Å². The molecule has 0 spiro atoms. The maximum atomic E-state index is 15.3. The number of nitrogens with zero attached hydrogens (tertiary/aromatic N) is 6. The van der Waals surface area contributed by atoms with Crippen molar-refractivity contribution in [3.05, 3.63) is 91.0 Å². The highest BCUT2D eigenvalue weighted by atomic mass is 19.1. The highest BCUT2D eigenvalue weighted by Gasteiger charge is 2.23. The topological polar surface area (TPSA) is 119 Å². The van der Waals surface area contributed by atoms with E-state index in [4.69, 9.17) is 9.47 Å². The van der Waals surface area contributed by atoms with Crippen LogP contribution in [0.3, 0.4) is 0 Å². The van der Waals surface area contributed by atoms with E-state index in [1.165, 1.54) is 29.2 Å². The van der Waals surface area contributed by atoms with Gasteiger partial charge in [-0.2, -0.15) is 9.37 Å². The number of piperidine rings is 1. The number of likely N-dealkylation sites (tertiary alicyclic amines) is 1. The molecule has 1 aliphatic heterocycles. The molecule has 11 nitrogen and oxygen atoms in total. The summed E-state index contributed by atoms with van der Waals surface area (Å²) < 4.78 is 41.9. The second-order valence-corrected chi connectivity index (χ2v) is 10.5. The molecule has 0 radical (unpaired) electrons. The zero-order valence-corrected chi connectivity index (χ0v) is 24.6. The normalized spacial score (nSPS) is 13.5. The maximum Gasteiger partial charge on any atom is 0.245 e. The van der Waals surface area contributed by atoms with Crippen LogP contribution < -0.4 is 20.1 Å². The molecule has 2 N–H and O–H groups in total. The summed E-state index contributed by atoms with van der Waals surface area (Å²) in [6, 6.07) is 13.0. The number of aryl methyl sites for hydroxylation is 1. The Morgan fingerprint density at radius 1 is 1.07 bits per heavy atom. The van der Waals surface area contributed by atoms with Crippen LogP contribution in [0.25, 0.3) is 16.7 Å². The number of anilines is 3. The van der Waals surface area contributed by atoms with E-state index in [0.29, 0.717) is 41.1 Å². The monoisotopic (exact) mass is 612 g/mol. The number of carbonyl (C=O) groups excluding carboxylic acids is 1. The molecule has 0 aliphatic carbocycles. The average molecular weight is 613 g/mol. The number of benzene rings is 2. The summed E-state index contributed by atoms with van der Waals surface area (Å²) >= 11 is 0. The van der Waals surface area contributed by atoms with Gasteiger partial charge in [0, 0.05) is 54.5 Å². The summed E-state index contributed by atoms with van der Waals surface area (Å²) in [5, 5.41) is 11.5. The number of halogens is 2. The van der Waals surface area contributed by atoms with Crippen LogP contribution in [0, 0.1) is 18.7 Å². The van der Waals surface area contributed by atoms with E-state index in [1.54, 1.807) is 55.5 Å². The third kappa shape index (κ3) is 6.37. The van der Waals surface area contributed by atoms with Gasteiger partial charge in [0.1, 0.15) is 29.5 Å². The molecule has 4 heterocycles. The van der Waals surface area contributed by atoms with Crippen molar-refractivity contribution >= 4 is 34.0 Å². The number of carbonyl (C=O) groups is 1. The number of amides is 1. The van der Waals surface area contributed by atoms with Crippen LogP contribution in [-0.2, 0) is 4.79 Å². The van der Waals surface area contributed by atoms with Crippen LogP contribution in [0.2, 0.25) is 0 Å². The van der Waals surface area contributed by atoms with Crippen molar-refractivity contribution in [2.75, 3.05) is 30.8 Å². The number of hydrogen-bond acceptors (Lipinski definition) is 9. The van der Waals surface area contributed by atoms with Gasteiger partial charge in [0.15, 0.2) is 5.82 Å². The quantitative estimate of drug-likeness (QED) is 0.154. The molecule has 5 aromatic rings. The summed E-state index contributed by atoms with van der Waals surface area (Å²) in [5.41, 5.74) is 1.95. The van der Waals surface area contributed by atoms with E-state index in [2.05, 4.69) is 37.3 Å². The van der Waals surface area contributed by atoms with Gasteiger partial charge in [-0.1, -0.05) is 12.6 Å². The SMILES string of the molecule is C=CC(=O)N1CCC(Nc2cc3c(Nc4ccc(Oc5ccn(-c6ccc(C)c(F)n6)n5)cc4F)ncnc3cc2OC)CC1. The minimum absolute atomic E-state index is 0.0688. The number of fused-ring (bicyclic) bond motifs is 1. The fraction of sp³-hybridized carbons (Fsp3) is 0.219. The predicted molar refractivity (Wildman–Crippen MR) is 165 cm³/mol. The molecule has 1 fully saturated rings. The molecule has 6 rings (SSSR count). The van der Waals surface area contributed by atoms with Crippen molar-refractivity contribution < 1.29 is 23.0 Å². The third-order valence-corrected chi connectivity index (χ3v) is 7.53. The fourth-order valence-corrected chi connectivity index (χ4v) is 5.08. The number of hydrogen-bond donors (Lipinski definition) is 2. The van der Waals surface area contributed by atoms with E-state index in [0.717, 1.165) is 18.5 Å². The molecule has 3 aromatic heterocycles. The zero-order valence-electron chi connectivity index (χ0n) is 24.6. The van der Waals surface area contributed by atoms with E-state index >= 15 is 4.39 Å². The first kappa shape index (κ1) is 29.5. The number of rotatable bonds is 9. The standard InChI is InChI=1S/C32H30F2N8O3/c1-4-30(43)41-12-9-20(10-13-41)37-26-16-22-25(17-27(26)44-3)35-18-36-32(22)38-24-7-6-21(15-23(24)33)45-29-11-14-42(40-29)28-8-5-19(2)31(34)39-28/h4-8,11,14-18,20,37H,1,9-10,12-13H2,2-3H3,(H,35,36,38). The zero-order chi connectivity index (χ0) is 31.5. The van der Waals surface area contributed by atoms with Crippen LogP contribution >= 0.6 is 0 Å². The van der Waals surface area contributed by atoms with Gasteiger partial charge >= 0.3 is 0 Å². The fourth-order valence-electron chi connectivity index (χ4n) is 5.08. The molecule has 230 valence electrons. The summed E-state index contributed by atoms with van der Waals surface area (Å²) in [4.78, 5) is 26.4. The number of aromatic nitrogens is 5. The lowest BCUT2D eigenvalue weighted by Gasteiger charge is -2.32. The Kier molecular flexibility index (Phi) is 8.23. The van der Waals surface area contributed by atoms with Gasteiger partial charge in [-0.25, -0.2) is 19.0 Å². The second kappa shape index (κ2) is 12.6. The van der Waals surface area contributed by atoms with Crippen LogP contribution in [0.5, 0.6) is 17.4 Å². The minimum atomic E-state index is -0.586. The van der Waals surface area contributed by atoms with Crippen LogP contribution in [0.4, 0.5) is 26.0 Å². The first-order valence-corrected chi connectivity index (χ1v) is 14.3. The summed E-state index contributed by atoms with van der Waals surface area (Å²) in [6.45, 7) is 6.44. The first-order valence-electron chi connectivity index (χ1n) is 14.3. The molecule has 2 aromatic carbocycles. The molecule has 0 saturated carbocycles. The average Bonchev–Trinajstić information content (AvgIpc) is 3.52. The van der Waals surface area contributed by atoms with Crippen molar-refractivity contribution in [2.45, 2.75) is 25.8 Å². The highest BCUT2D eigenvalue weighted by Crippen LogP contribution is 2.35. The van der Waals surface area contributed by atoms with Gasteiger partial charge in [-0.3, -0.25) is 4.79 Å². The van der Waals surface area contributed by atoms with E-state index in [9.17, 15) is 9.18 Å². The lowest BCUT2D eigenvalue weighted by atomic mass is 10.0. The lowest BCUT2D eigenvalue weighted by Crippen LogP contribution is -2.41. The van der Waals surface area contributed by atoms with E-state index < -0.39 is 11.8 Å². The van der Waals surface area contributed by atoms with Crippen molar-refractivity contribution in [2.24, 2.45) is 0 Å². The molecule has 0 bridgehead atoms. The Morgan fingerprint density at radius 2 is 1.89 bits per heavy atom. The Bertz CT molecular complexity index is 1890. The van der Waals surface area contributed by atoms with Gasteiger partial charge in [0.2, 0.25) is 17.7 Å². The first-order chi connectivity index (χ1) is 21.8. The van der Waals surface area contributed by atoms with Gasteiger partial charge in [-0.05, 0) is 50.1 Å². The molecule has 0 unspecified atom stereocenters. The Labute approximate surface area is 257 Å².